The van der Waals surface area contributed by atoms with Gasteiger partial charge in [-0.3, -0.25) is 43.2 Å². The highest BCUT2D eigenvalue weighted by molar-refractivity contribution is 5.99. The monoisotopic (exact) mass is 875 g/mol. The number of likely N-dealkylation sites (tertiary alicyclic amines) is 2. The number of carbonyl (C=O) groups excluding carboxylic acids is 9. The van der Waals surface area contributed by atoms with E-state index in [2.05, 4.69) is 26.6 Å². The first kappa shape index (κ1) is 49.1. The number of nitrogens with one attached hydrogen (secondary N) is 5. The summed E-state index contributed by atoms with van der Waals surface area (Å²) in [6, 6.07) is 6.52. The Labute approximate surface area is 366 Å². The number of rotatable bonds is 20. The second-order valence-corrected chi connectivity index (χ2v) is 16.8. The summed E-state index contributed by atoms with van der Waals surface area (Å²) in [5.74, 6) is -7.47. The van der Waals surface area contributed by atoms with Crippen LogP contribution in [0.15, 0.2) is 54.6 Å². The average molecular weight is 876 g/mol. The van der Waals surface area contributed by atoms with E-state index < -0.39 is 108 Å². The minimum Gasteiger partial charge on any atom is -0.508 e. The Kier molecular flexibility index (Phi) is 17.6. The largest absolute Gasteiger partial charge is 0.508 e. The van der Waals surface area contributed by atoms with Crippen LogP contribution in [-0.4, -0.2) is 123 Å². The Morgan fingerprint density at radius 2 is 1.11 bits per heavy atom. The van der Waals surface area contributed by atoms with Crippen molar-refractivity contribution in [2.24, 2.45) is 23.3 Å². The van der Waals surface area contributed by atoms with Gasteiger partial charge in [-0.05, 0) is 60.8 Å². The standard InChI is InChI=1S/C44H61N9O10/c1-24(2)36(43(62)49-32(23-35(45)56)41(60)51-37(25(3)4)44(63)53-20-9-13-33(53)38(46)57)50-40(59)31(22-28-15-17-29(55)18-16-28)47-39(58)30(21-27-11-7-6-8-12-27)48-42(61)34-14-10-19-52(34)26(5)54/h6-8,11-12,15-18,24-25,30-34,36-37,55H,9-10,13-14,19-23H2,1-5H3,(H2,45,56)(H2,46,57)(H,47,58)(H,48,61)(H,49,62)(H,50,59)(H,51,60)/t30-,31-,32-,33-,34-,36-,37-/m0/s1. The van der Waals surface area contributed by atoms with Crippen molar-refractivity contribution >= 4 is 53.2 Å². The molecule has 0 aromatic heterocycles. The van der Waals surface area contributed by atoms with Crippen LogP contribution >= 0.6 is 0 Å². The van der Waals surface area contributed by atoms with Gasteiger partial charge < -0.3 is 53.0 Å². The van der Waals surface area contributed by atoms with Gasteiger partial charge in [0.2, 0.25) is 53.2 Å². The van der Waals surface area contributed by atoms with Gasteiger partial charge in [0.25, 0.3) is 0 Å². The van der Waals surface area contributed by atoms with Crippen LogP contribution in [0.1, 0.15) is 77.8 Å². The van der Waals surface area contributed by atoms with Crippen molar-refractivity contribution in [2.75, 3.05) is 13.1 Å². The van der Waals surface area contributed by atoms with Crippen LogP contribution in [0.3, 0.4) is 0 Å². The molecule has 0 spiro atoms. The summed E-state index contributed by atoms with van der Waals surface area (Å²) in [7, 11) is 0. The topological polar surface area (TPSA) is 293 Å². The minimum absolute atomic E-state index is 0.0338. The molecule has 63 heavy (non-hydrogen) atoms. The fourth-order valence-corrected chi connectivity index (χ4v) is 7.83. The molecule has 0 aliphatic carbocycles. The molecule has 0 radical (unpaired) electrons. The lowest BCUT2D eigenvalue weighted by molar-refractivity contribution is -0.142. The zero-order valence-electron chi connectivity index (χ0n) is 36.4. The summed E-state index contributed by atoms with van der Waals surface area (Å²) >= 11 is 0. The molecule has 0 saturated carbocycles. The Bertz CT molecular complexity index is 1990. The molecule has 2 aromatic rings. The molecule has 7 atom stereocenters. The molecule has 4 rings (SSSR count). The van der Waals surface area contributed by atoms with Crippen LogP contribution in [-0.2, 0) is 56.0 Å². The third-order valence-corrected chi connectivity index (χ3v) is 11.3. The first-order valence-corrected chi connectivity index (χ1v) is 21.3. The number of nitrogens with zero attached hydrogens (tertiary/aromatic N) is 2. The molecule has 0 bridgehead atoms. The van der Waals surface area contributed by atoms with Crippen LogP contribution in [0.4, 0.5) is 0 Å². The van der Waals surface area contributed by atoms with Gasteiger partial charge in [-0.2, -0.15) is 0 Å². The number of amides is 9. The summed E-state index contributed by atoms with van der Waals surface area (Å²) in [5.41, 5.74) is 12.2. The van der Waals surface area contributed by atoms with E-state index in [9.17, 15) is 48.3 Å². The lowest BCUT2D eigenvalue weighted by Crippen LogP contribution is -2.62. The van der Waals surface area contributed by atoms with E-state index >= 15 is 0 Å². The van der Waals surface area contributed by atoms with Crippen molar-refractivity contribution in [2.45, 2.75) is 122 Å². The van der Waals surface area contributed by atoms with Crippen molar-refractivity contribution < 1.29 is 48.3 Å². The average Bonchev–Trinajstić information content (AvgIpc) is 3.93. The molecule has 2 fully saturated rings. The molecule has 2 aromatic carbocycles. The fourth-order valence-electron chi connectivity index (χ4n) is 7.83. The summed E-state index contributed by atoms with van der Waals surface area (Å²) in [4.78, 5) is 123. The first-order valence-electron chi connectivity index (χ1n) is 21.3. The predicted molar refractivity (Wildman–Crippen MR) is 229 cm³/mol. The maximum absolute atomic E-state index is 14.3. The number of nitrogens with two attached hydrogens (primary N) is 2. The fraction of sp³-hybridized carbons (Fsp3) is 0.523. The number of benzene rings is 2. The summed E-state index contributed by atoms with van der Waals surface area (Å²) < 4.78 is 0. The number of carbonyl (C=O) groups is 9. The lowest BCUT2D eigenvalue weighted by atomic mass is 9.99. The molecule has 2 saturated heterocycles. The van der Waals surface area contributed by atoms with E-state index in [1.807, 2.05) is 0 Å². The Hall–Kier alpha value is -6.53. The first-order chi connectivity index (χ1) is 29.8. The van der Waals surface area contributed by atoms with Crippen LogP contribution < -0.4 is 38.1 Å². The molecule has 2 aliphatic rings. The van der Waals surface area contributed by atoms with Crippen LogP contribution in [0.5, 0.6) is 5.75 Å². The molecular weight excluding hydrogens is 815 g/mol. The highest BCUT2D eigenvalue weighted by Crippen LogP contribution is 2.21. The highest BCUT2D eigenvalue weighted by atomic mass is 16.3. The van der Waals surface area contributed by atoms with Crippen molar-refractivity contribution in [1.29, 1.82) is 0 Å². The third-order valence-electron chi connectivity index (χ3n) is 11.3. The van der Waals surface area contributed by atoms with Gasteiger partial charge in [-0.15, -0.1) is 0 Å². The van der Waals surface area contributed by atoms with Crippen LogP contribution in [0, 0.1) is 11.8 Å². The third kappa shape index (κ3) is 13.7. The smallest absolute Gasteiger partial charge is 0.246 e. The maximum Gasteiger partial charge on any atom is 0.246 e. The lowest BCUT2D eigenvalue weighted by Gasteiger charge is -2.31. The molecule has 342 valence electrons. The van der Waals surface area contributed by atoms with E-state index in [0.717, 1.165) is 0 Å². The Morgan fingerprint density at radius 3 is 1.67 bits per heavy atom. The van der Waals surface area contributed by atoms with E-state index in [4.69, 9.17) is 11.5 Å². The SMILES string of the molecule is CC(=O)N1CCC[C@H]1C(=O)N[C@@H](Cc1ccccc1)C(=O)N[C@@H](Cc1ccc(O)cc1)C(=O)N[C@H](C(=O)N[C@@H](CC(N)=O)C(=O)N[C@H](C(=O)N1CCC[C@H]1C(N)=O)C(C)C)C(C)C. The van der Waals surface area contributed by atoms with E-state index in [0.29, 0.717) is 43.4 Å². The van der Waals surface area contributed by atoms with E-state index in [1.165, 1.54) is 28.9 Å². The van der Waals surface area contributed by atoms with Crippen molar-refractivity contribution in [3.05, 3.63) is 65.7 Å². The van der Waals surface area contributed by atoms with Gasteiger partial charge in [0, 0.05) is 32.9 Å². The van der Waals surface area contributed by atoms with Crippen LogP contribution in [0.2, 0.25) is 0 Å². The Balaban J connectivity index is 1.57. The molecular formula is C44H61N9O10. The molecule has 10 N–H and O–H groups in total. The predicted octanol–water partition coefficient (Wildman–Crippen LogP) is -0.724. The number of phenols is 1. The zero-order chi connectivity index (χ0) is 46.5. The van der Waals surface area contributed by atoms with E-state index in [-0.39, 0.29) is 31.0 Å². The number of aromatic hydroxyl groups is 1. The van der Waals surface area contributed by atoms with E-state index in [1.54, 1.807) is 70.2 Å². The molecule has 2 heterocycles. The quantitative estimate of drug-likeness (QED) is 0.0826. The molecule has 2 aliphatic heterocycles. The van der Waals surface area contributed by atoms with Crippen molar-refractivity contribution in [1.82, 2.24) is 36.4 Å². The molecule has 19 heteroatoms. The number of hydrogen-bond donors (Lipinski definition) is 8. The molecule has 19 nitrogen and oxygen atoms in total. The molecule has 0 unspecified atom stereocenters. The second kappa shape index (κ2) is 22.5. The van der Waals surface area contributed by atoms with Gasteiger partial charge in [-0.1, -0.05) is 70.2 Å². The minimum atomic E-state index is -1.58. The summed E-state index contributed by atoms with van der Waals surface area (Å²) in [5, 5.41) is 23.2. The second-order valence-electron chi connectivity index (χ2n) is 16.8. The summed E-state index contributed by atoms with van der Waals surface area (Å²) in [6.45, 7) is 8.61. The highest BCUT2D eigenvalue weighted by Gasteiger charge is 2.40. The van der Waals surface area contributed by atoms with Crippen LogP contribution in [0.25, 0.3) is 0 Å². The zero-order valence-corrected chi connectivity index (χ0v) is 36.4. The van der Waals surface area contributed by atoms with Crippen molar-refractivity contribution in [3.8, 4) is 5.75 Å². The number of hydrogen-bond acceptors (Lipinski definition) is 10. The molecule has 9 amide bonds. The Morgan fingerprint density at radius 1 is 0.619 bits per heavy atom. The number of phenolic OH excluding ortho intramolecular Hbond substituents is 1. The number of primary amides is 2. The maximum atomic E-state index is 14.3. The van der Waals surface area contributed by atoms with Gasteiger partial charge in [0.05, 0.1) is 6.42 Å². The normalized spacial score (nSPS) is 18.4. The van der Waals surface area contributed by atoms with Gasteiger partial charge in [-0.25, -0.2) is 0 Å². The van der Waals surface area contributed by atoms with Gasteiger partial charge in [0.1, 0.15) is 48.0 Å². The van der Waals surface area contributed by atoms with Crippen molar-refractivity contribution in [3.63, 3.8) is 0 Å². The van der Waals surface area contributed by atoms with Gasteiger partial charge in [0.15, 0.2) is 0 Å². The van der Waals surface area contributed by atoms with Gasteiger partial charge >= 0.3 is 0 Å². The summed E-state index contributed by atoms with van der Waals surface area (Å²) in [6.07, 6.45) is 1.16.